The molecular weight excluding hydrogens is 284 g/mol. The van der Waals surface area contributed by atoms with Gasteiger partial charge in [-0.3, -0.25) is 0 Å². The molecule has 5 radical (unpaired) electrons. The highest BCUT2D eigenvalue weighted by Crippen LogP contribution is 2.46. The summed E-state index contributed by atoms with van der Waals surface area (Å²) in [6.07, 6.45) is 6.38. The lowest BCUT2D eigenvalue weighted by Gasteiger charge is -2.21. The molecule has 0 aromatic heterocycles. The Morgan fingerprint density at radius 3 is 2.44 bits per heavy atom. The summed E-state index contributed by atoms with van der Waals surface area (Å²) in [7, 11) is 0. The summed E-state index contributed by atoms with van der Waals surface area (Å²) in [5, 5.41) is 2.61. The Labute approximate surface area is 118 Å². The minimum atomic E-state index is 0.416. The number of rotatable bonds is 2. The van der Waals surface area contributed by atoms with Crippen LogP contribution in [-0.4, -0.2) is 0 Å². The van der Waals surface area contributed by atoms with Gasteiger partial charge >= 0.3 is 0 Å². The summed E-state index contributed by atoms with van der Waals surface area (Å²) in [5.41, 5.74) is 1.36. The van der Waals surface area contributed by atoms with Crippen LogP contribution >= 0.6 is 15.9 Å². The third kappa shape index (κ3) is 2.21. The van der Waals surface area contributed by atoms with E-state index in [1.165, 1.54) is 27.1 Å². The van der Waals surface area contributed by atoms with Crippen molar-refractivity contribution in [3.05, 3.63) is 78.0 Å². The highest BCUT2D eigenvalue weighted by atomic mass is 79.9. The fourth-order valence-corrected chi connectivity index (χ4v) is 3.05. The molecule has 0 saturated heterocycles. The average Bonchev–Trinajstić information content (AvgIpc) is 2.83. The maximum atomic E-state index is 3.61. The van der Waals surface area contributed by atoms with Crippen LogP contribution in [0.4, 0.5) is 0 Å². The molecule has 0 nitrogen and oxygen atoms in total. The van der Waals surface area contributed by atoms with Crippen molar-refractivity contribution < 1.29 is 0 Å². The van der Waals surface area contributed by atoms with Gasteiger partial charge in [0, 0.05) is 5.92 Å². The quantitative estimate of drug-likeness (QED) is 0.726. The second-order valence-electron chi connectivity index (χ2n) is 4.66. The normalized spacial score (nSPS) is 19.4. The van der Waals surface area contributed by atoms with Gasteiger partial charge in [0.25, 0.3) is 0 Å². The molecule has 1 aliphatic carbocycles. The van der Waals surface area contributed by atoms with E-state index in [0.717, 1.165) is 0 Å². The number of halogens is 1. The fraction of sp³-hybridized carbons (Fsp3) is 0.118. The molecule has 3 rings (SSSR count). The van der Waals surface area contributed by atoms with Crippen molar-refractivity contribution >= 4 is 26.7 Å². The van der Waals surface area contributed by atoms with Gasteiger partial charge in [0.2, 0.25) is 0 Å². The maximum absolute atomic E-state index is 3.61. The third-order valence-electron chi connectivity index (χ3n) is 3.53. The Hall–Kier alpha value is -0.820. The molecule has 0 bridgehead atoms. The Morgan fingerprint density at radius 1 is 0.944 bits per heavy atom. The number of hydrogen-bond donors (Lipinski definition) is 0. The van der Waals surface area contributed by atoms with Crippen molar-refractivity contribution in [2.45, 2.75) is 12.8 Å². The molecule has 2 aromatic rings. The van der Waals surface area contributed by atoms with Gasteiger partial charge in [-0.05, 0) is 41.5 Å². The monoisotopic (exact) mass is 297 g/mol. The van der Waals surface area contributed by atoms with E-state index in [1.54, 1.807) is 0 Å². The largest absolute Gasteiger partial charge is 0.0828 e. The summed E-state index contributed by atoms with van der Waals surface area (Å²) in [4.78, 5) is 1.20. The second kappa shape index (κ2) is 5.05. The first kappa shape index (κ1) is 12.2. The molecule has 1 saturated carbocycles. The van der Waals surface area contributed by atoms with Gasteiger partial charge in [-0.25, -0.2) is 0 Å². The first-order valence-corrected chi connectivity index (χ1v) is 6.95. The standard InChI is InChI=1S/C17H14Br/c1-12(16-7-4-8-17(16)18)14-10-9-13-5-2-3-6-15(13)11-14/h2-12H,1H3/t12-/m1/s1. The number of fused-ring (bicyclic) bond motifs is 1. The molecule has 0 unspecified atom stereocenters. The molecule has 0 spiro atoms. The van der Waals surface area contributed by atoms with E-state index < -0.39 is 0 Å². The molecule has 18 heavy (non-hydrogen) atoms. The third-order valence-corrected chi connectivity index (χ3v) is 4.26. The average molecular weight is 298 g/mol. The predicted octanol–water partition coefficient (Wildman–Crippen LogP) is 5.07. The highest BCUT2D eigenvalue weighted by molar-refractivity contribution is 9.11. The van der Waals surface area contributed by atoms with E-state index in [1.807, 2.05) is 0 Å². The molecule has 1 atom stereocenters. The molecular formula is C17H14Br. The topological polar surface area (TPSA) is 0 Å². The lowest BCUT2D eigenvalue weighted by Crippen LogP contribution is -2.08. The molecule has 1 fully saturated rings. The van der Waals surface area contributed by atoms with Gasteiger partial charge in [-0.15, -0.1) is 0 Å². The van der Waals surface area contributed by atoms with Crippen LogP contribution in [0.1, 0.15) is 18.4 Å². The van der Waals surface area contributed by atoms with Crippen LogP contribution in [-0.2, 0) is 0 Å². The molecule has 0 aliphatic heterocycles. The van der Waals surface area contributed by atoms with Crippen LogP contribution in [0.25, 0.3) is 10.8 Å². The Kier molecular flexibility index (Phi) is 3.43. The van der Waals surface area contributed by atoms with E-state index in [2.05, 4.69) is 84.6 Å². The fourth-order valence-electron chi connectivity index (χ4n) is 2.42. The van der Waals surface area contributed by atoms with E-state index in [4.69, 9.17) is 0 Å². The summed E-state index contributed by atoms with van der Waals surface area (Å²) in [6.45, 7) is 2.25. The molecule has 0 amide bonds. The summed E-state index contributed by atoms with van der Waals surface area (Å²) >= 11 is 3.61. The SMILES string of the molecule is C[C@@H]([C]1[CH][CH][CH][C]1Br)c1ccc2ccccc2c1. The van der Waals surface area contributed by atoms with Crippen LogP contribution in [0.5, 0.6) is 0 Å². The smallest absolute Gasteiger partial charge is 0.0524 e. The summed E-state index contributed by atoms with van der Waals surface area (Å²) < 4.78 is 0. The van der Waals surface area contributed by atoms with E-state index in [0.29, 0.717) is 5.92 Å². The number of benzene rings is 2. The van der Waals surface area contributed by atoms with Crippen LogP contribution in [0, 0.1) is 30.0 Å². The van der Waals surface area contributed by atoms with Crippen molar-refractivity contribution in [1.82, 2.24) is 0 Å². The first-order chi connectivity index (χ1) is 8.75. The Balaban J connectivity index is 1.93. The van der Waals surface area contributed by atoms with E-state index >= 15 is 0 Å². The molecule has 0 heterocycles. The molecule has 2 aromatic carbocycles. The number of hydrogen-bond acceptors (Lipinski definition) is 0. The van der Waals surface area contributed by atoms with Crippen LogP contribution in [0.2, 0.25) is 0 Å². The lowest BCUT2D eigenvalue weighted by molar-refractivity contribution is 0.823. The van der Waals surface area contributed by atoms with Gasteiger partial charge in [0.1, 0.15) is 0 Å². The van der Waals surface area contributed by atoms with Crippen molar-refractivity contribution in [1.29, 1.82) is 0 Å². The van der Waals surface area contributed by atoms with Crippen molar-refractivity contribution in [2.75, 3.05) is 0 Å². The molecule has 1 heteroatoms. The van der Waals surface area contributed by atoms with Crippen molar-refractivity contribution in [3.63, 3.8) is 0 Å². The first-order valence-electron chi connectivity index (χ1n) is 6.15. The predicted molar refractivity (Wildman–Crippen MR) is 80.7 cm³/mol. The maximum Gasteiger partial charge on any atom is 0.0524 e. The Bertz CT molecular complexity index is 546. The van der Waals surface area contributed by atoms with E-state index in [-0.39, 0.29) is 0 Å². The summed E-state index contributed by atoms with van der Waals surface area (Å²) in [6, 6.07) is 15.2. The second-order valence-corrected chi connectivity index (χ2v) is 5.51. The van der Waals surface area contributed by atoms with Crippen LogP contribution in [0.3, 0.4) is 0 Å². The zero-order valence-corrected chi connectivity index (χ0v) is 11.8. The van der Waals surface area contributed by atoms with Crippen LogP contribution < -0.4 is 0 Å². The lowest BCUT2D eigenvalue weighted by atomic mass is 9.85. The minimum absolute atomic E-state index is 0.416. The zero-order valence-electron chi connectivity index (χ0n) is 10.2. The van der Waals surface area contributed by atoms with Crippen molar-refractivity contribution in [2.24, 2.45) is 0 Å². The summed E-state index contributed by atoms with van der Waals surface area (Å²) in [5.74, 6) is 1.77. The van der Waals surface area contributed by atoms with Gasteiger partial charge < -0.3 is 0 Å². The Morgan fingerprint density at radius 2 is 1.72 bits per heavy atom. The van der Waals surface area contributed by atoms with Crippen molar-refractivity contribution in [3.8, 4) is 0 Å². The molecule has 1 aliphatic rings. The highest BCUT2D eigenvalue weighted by Gasteiger charge is 2.32. The van der Waals surface area contributed by atoms with Gasteiger partial charge in [0.05, 0.1) is 4.83 Å². The van der Waals surface area contributed by atoms with Gasteiger partial charge in [-0.1, -0.05) is 65.3 Å². The van der Waals surface area contributed by atoms with Gasteiger partial charge in [-0.2, -0.15) is 0 Å². The zero-order chi connectivity index (χ0) is 12.5. The van der Waals surface area contributed by atoms with E-state index in [9.17, 15) is 0 Å². The van der Waals surface area contributed by atoms with Gasteiger partial charge in [0.15, 0.2) is 0 Å². The molecule has 0 N–H and O–H groups in total. The minimum Gasteiger partial charge on any atom is -0.0828 e. The van der Waals surface area contributed by atoms with Crippen LogP contribution in [0.15, 0.2) is 42.5 Å². The molecule has 89 valence electrons.